The number of hydrogen-bond acceptors (Lipinski definition) is 2. The van der Waals surface area contributed by atoms with Crippen LogP contribution in [0.3, 0.4) is 0 Å². The zero-order valence-corrected chi connectivity index (χ0v) is 6.84. The van der Waals surface area contributed by atoms with Gasteiger partial charge in [0.1, 0.15) is 5.84 Å². The van der Waals surface area contributed by atoms with Crippen LogP contribution in [0.2, 0.25) is 0 Å². The molecule has 0 radical (unpaired) electrons. The molecule has 0 spiro atoms. The zero-order valence-electron chi connectivity index (χ0n) is 6.84. The van der Waals surface area contributed by atoms with E-state index in [1.54, 1.807) is 5.01 Å². The highest BCUT2D eigenvalue weighted by Gasteiger charge is 1.90. The van der Waals surface area contributed by atoms with Gasteiger partial charge in [0.15, 0.2) is 0 Å². The van der Waals surface area contributed by atoms with Crippen molar-refractivity contribution in [3.8, 4) is 0 Å². The molecule has 0 heterocycles. The topological polar surface area (TPSA) is 18.8 Å². The van der Waals surface area contributed by atoms with Crippen LogP contribution in [0.25, 0.3) is 0 Å². The van der Waals surface area contributed by atoms with Crippen molar-refractivity contribution < 1.29 is 0 Å². The third kappa shape index (κ3) is 3.82. The Bertz CT molecular complexity index is 105. The first-order chi connectivity index (χ1) is 4.04. The fourth-order valence-corrected chi connectivity index (χ4v) is 0.379. The third-order valence-corrected chi connectivity index (χ3v) is 0.992. The maximum Gasteiger partial charge on any atom is 0.121 e. The first-order valence-electron chi connectivity index (χ1n) is 2.94. The van der Waals surface area contributed by atoms with E-state index in [2.05, 4.69) is 5.10 Å². The van der Waals surface area contributed by atoms with Crippen LogP contribution in [0.15, 0.2) is 5.10 Å². The van der Waals surface area contributed by atoms with Crippen molar-refractivity contribution in [3.63, 3.8) is 0 Å². The molecule has 0 aromatic carbocycles. The molecule has 0 saturated heterocycles. The predicted octanol–water partition coefficient (Wildman–Crippen LogP) is 0.443. The quantitative estimate of drug-likeness (QED) is 0.291. The molecule has 0 aromatic heterocycles. The zero-order chi connectivity index (χ0) is 7.44. The van der Waals surface area contributed by atoms with Gasteiger partial charge in [-0.15, -0.1) is 0 Å². The molecule has 0 aliphatic carbocycles. The number of nitrogens with zero attached hydrogens (tertiary/aromatic N) is 3. The van der Waals surface area contributed by atoms with E-state index in [0.29, 0.717) is 0 Å². The van der Waals surface area contributed by atoms with Crippen molar-refractivity contribution in [2.45, 2.75) is 6.92 Å². The molecule has 0 unspecified atom stereocenters. The average molecular weight is 129 g/mol. The van der Waals surface area contributed by atoms with Gasteiger partial charge in [0.25, 0.3) is 0 Å². The van der Waals surface area contributed by atoms with Crippen molar-refractivity contribution in [2.24, 2.45) is 5.10 Å². The summed E-state index contributed by atoms with van der Waals surface area (Å²) >= 11 is 0. The summed E-state index contributed by atoms with van der Waals surface area (Å²) in [6.07, 6.45) is 0. The standard InChI is InChI=1S/C6H15N3/c1-6(8(2)3)7-9(4)5/h1-5H3/b7-6-. The fourth-order valence-electron chi connectivity index (χ4n) is 0.379. The summed E-state index contributed by atoms with van der Waals surface area (Å²) in [5, 5.41) is 5.94. The largest absolute Gasteiger partial charge is 0.365 e. The molecule has 0 rings (SSSR count). The second kappa shape index (κ2) is 3.33. The highest BCUT2D eigenvalue weighted by molar-refractivity contribution is 5.78. The maximum absolute atomic E-state index is 4.15. The molecule has 0 bridgehead atoms. The molecule has 0 saturated carbocycles. The maximum atomic E-state index is 4.15. The lowest BCUT2D eigenvalue weighted by atomic mass is 10.6. The first kappa shape index (κ1) is 8.27. The lowest BCUT2D eigenvalue weighted by Crippen LogP contribution is -2.21. The summed E-state index contributed by atoms with van der Waals surface area (Å²) in [5.74, 6) is 1.01. The number of hydrazone groups is 1. The number of hydrogen-bond donors (Lipinski definition) is 0. The van der Waals surface area contributed by atoms with Crippen molar-refractivity contribution >= 4 is 5.84 Å². The second-order valence-corrected chi connectivity index (χ2v) is 2.39. The average Bonchev–Trinajstić information content (AvgIpc) is 1.63. The van der Waals surface area contributed by atoms with E-state index < -0.39 is 0 Å². The molecule has 9 heavy (non-hydrogen) atoms. The lowest BCUT2D eigenvalue weighted by Gasteiger charge is -2.13. The Morgan fingerprint density at radius 2 is 1.56 bits per heavy atom. The van der Waals surface area contributed by atoms with E-state index in [0.717, 1.165) is 5.84 Å². The molecule has 54 valence electrons. The van der Waals surface area contributed by atoms with Crippen LogP contribution < -0.4 is 0 Å². The van der Waals surface area contributed by atoms with Gasteiger partial charge in [-0.3, -0.25) is 0 Å². The molecule has 0 N–H and O–H groups in total. The Balaban J connectivity index is 3.84. The van der Waals surface area contributed by atoms with Crippen LogP contribution in [0, 0.1) is 0 Å². The van der Waals surface area contributed by atoms with Gasteiger partial charge in [-0.1, -0.05) is 0 Å². The molecule has 0 aliphatic heterocycles. The molecule has 0 aliphatic rings. The summed E-state index contributed by atoms with van der Waals surface area (Å²) in [5.41, 5.74) is 0. The van der Waals surface area contributed by atoms with Crippen molar-refractivity contribution in [2.75, 3.05) is 28.2 Å². The van der Waals surface area contributed by atoms with Gasteiger partial charge in [-0.05, 0) is 6.92 Å². The van der Waals surface area contributed by atoms with E-state index in [9.17, 15) is 0 Å². The normalized spacial score (nSPS) is 11.4. The van der Waals surface area contributed by atoms with Crippen molar-refractivity contribution in [1.29, 1.82) is 0 Å². The SMILES string of the molecule is C/C(=N/N(C)C)N(C)C. The summed E-state index contributed by atoms with van der Waals surface area (Å²) < 4.78 is 0. The Morgan fingerprint density at radius 1 is 1.11 bits per heavy atom. The van der Waals surface area contributed by atoms with Crippen LogP contribution in [0.5, 0.6) is 0 Å². The molecule has 3 heteroatoms. The minimum Gasteiger partial charge on any atom is -0.365 e. The van der Waals surface area contributed by atoms with Gasteiger partial charge < -0.3 is 9.91 Å². The molecule has 3 nitrogen and oxygen atoms in total. The van der Waals surface area contributed by atoms with Gasteiger partial charge in [0.05, 0.1) is 0 Å². The highest BCUT2D eigenvalue weighted by Crippen LogP contribution is 1.83. The van der Waals surface area contributed by atoms with Crippen LogP contribution in [-0.4, -0.2) is 43.9 Å². The van der Waals surface area contributed by atoms with Crippen LogP contribution in [0.4, 0.5) is 0 Å². The minimum absolute atomic E-state index is 1.01. The monoisotopic (exact) mass is 129 g/mol. The fraction of sp³-hybridized carbons (Fsp3) is 0.833. The van der Waals surface area contributed by atoms with Gasteiger partial charge in [-0.2, -0.15) is 5.10 Å². The summed E-state index contributed by atoms with van der Waals surface area (Å²) in [7, 11) is 7.77. The molecular weight excluding hydrogens is 114 g/mol. The summed E-state index contributed by atoms with van der Waals surface area (Å²) in [6.45, 7) is 1.97. The Labute approximate surface area is 56.9 Å². The van der Waals surface area contributed by atoms with E-state index in [-0.39, 0.29) is 0 Å². The van der Waals surface area contributed by atoms with Crippen LogP contribution in [0.1, 0.15) is 6.92 Å². The van der Waals surface area contributed by atoms with Crippen molar-refractivity contribution in [3.05, 3.63) is 0 Å². The molecule has 0 aromatic rings. The van der Waals surface area contributed by atoms with E-state index >= 15 is 0 Å². The van der Waals surface area contributed by atoms with Gasteiger partial charge >= 0.3 is 0 Å². The van der Waals surface area contributed by atoms with Crippen LogP contribution in [-0.2, 0) is 0 Å². The third-order valence-electron chi connectivity index (χ3n) is 0.992. The van der Waals surface area contributed by atoms with Gasteiger partial charge in [0.2, 0.25) is 0 Å². The second-order valence-electron chi connectivity index (χ2n) is 2.39. The molecule has 0 fully saturated rings. The smallest absolute Gasteiger partial charge is 0.121 e. The molecule has 0 atom stereocenters. The Kier molecular flexibility index (Phi) is 3.06. The number of amidine groups is 1. The number of rotatable bonds is 1. The molecular formula is C6H15N3. The van der Waals surface area contributed by atoms with E-state index in [1.165, 1.54) is 0 Å². The molecule has 0 amide bonds. The Hall–Kier alpha value is -0.730. The highest BCUT2D eigenvalue weighted by atomic mass is 15.4. The Morgan fingerprint density at radius 3 is 1.67 bits per heavy atom. The van der Waals surface area contributed by atoms with Gasteiger partial charge in [0, 0.05) is 28.2 Å². The predicted molar refractivity (Wildman–Crippen MR) is 40.5 cm³/mol. The van der Waals surface area contributed by atoms with Gasteiger partial charge in [-0.25, -0.2) is 0 Å². The lowest BCUT2D eigenvalue weighted by molar-refractivity contribution is 0.423. The summed E-state index contributed by atoms with van der Waals surface area (Å²) in [4.78, 5) is 1.97. The summed E-state index contributed by atoms with van der Waals surface area (Å²) in [6, 6.07) is 0. The van der Waals surface area contributed by atoms with E-state index in [1.807, 2.05) is 40.0 Å². The van der Waals surface area contributed by atoms with E-state index in [4.69, 9.17) is 0 Å². The minimum atomic E-state index is 1.01. The first-order valence-corrected chi connectivity index (χ1v) is 2.94. The van der Waals surface area contributed by atoms with Crippen LogP contribution >= 0.6 is 0 Å². The van der Waals surface area contributed by atoms with Crippen molar-refractivity contribution in [1.82, 2.24) is 9.91 Å².